The van der Waals surface area contributed by atoms with Crippen molar-refractivity contribution in [2.45, 2.75) is 30.6 Å². The van der Waals surface area contributed by atoms with Crippen LogP contribution < -0.4 is 4.31 Å². The summed E-state index contributed by atoms with van der Waals surface area (Å²) in [7, 11) is -1.83. The van der Waals surface area contributed by atoms with Crippen LogP contribution in [0, 0.1) is 0 Å². The Morgan fingerprint density at radius 3 is 2.76 bits per heavy atom. The van der Waals surface area contributed by atoms with Crippen molar-refractivity contribution in [2.75, 3.05) is 10.8 Å². The molecule has 0 bridgehead atoms. The number of anilines is 1. The zero-order valence-electron chi connectivity index (χ0n) is 12.2. The summed E-state index contributed by atoms with van der Waals surface area (Å²) >= 11 is 0. The van der Waals surface area contributed by atoms with E-state index < -0.39 is 10.0 Å². The Hall–Kier alpha value is -1.82. The van der Waals surface area contributed by atoms with Gasteiger partial charge in [0, 0.05) is 19.8 Å². The molecule has 112 valence electrons. The van der Waals surface area contributed by atoms with Gasteiger partial charge in [0.15, 0.2) is 0 Å². The molecule has 2 heterocycles. The van der Waals surface area contributed by atoms with E-state index in [4.69, 9.17) is 0 Å². The molecule has 1 aromatic carbocycles. The van der Waals surface area contributed by atoms with Crippen molar-refractivity contribution in [1.29, 1.82) is 0 Å². The minimum atomic E-state index is -3.55. The van der Waals surface area contributed by atoms with Crippen molar-refractivity contribution in [3.8, 4) is 0 Å². The number of aromatic nitrogens is 2. The predicted molar refractivity (Wildman–Crippen MR) is 81.8 cm³/mol. The van der Waals surface area contributed by atoms with E-state index in [-0.39, 0.29) is 4.90 Å². The van der Waals surface area contributed by atoms with Gasteiger partial charge < -0.3 is 0 Å². The smallest absolute Gasteiger partial charge is 0.267 e. The molecule has 1 aliphatic heterocycles. The summed E-state index contributed by atoms with van der Waals surface area (Å²) in [6.45, 7) is 2.66. The van der Waals surface area contributed by atoms with Gasteiger partial charge in [-0.2, -0.15) is 5.10 Å². The molecule has 0 saturated heterocycles. The zero-order valence-corrected chi connectivity index (χ0v) is 13.0. The van der Waals surface area contributed by atoms with Gasteiger partial charge in [0.25, 0.3) is 10.0 Å². The first-order chi connectivity index (χ1) is 10.00. The van der Waals surface area contributed by atoms with E-state index in [1.165, 1.54) is 15.2 Å². The van der Waals surface area contributed by atoms with Crippen LogP contribution in [0.3, 0.4) is 0 Å². The van der Waals surface area contributed by atoms with Crippen LogP contribution in [-0.4, -0.2) is 24.7 Å². The molecule has 5 nitrogen and oxygen atoms in total. The van der Waals surface area contributed by atoms with Crippen LogP contribution in [-0.2, 0) is 17.1 Å². The fourth-order valence-corrected chi connectivity index (χ4v) is 4.37. The lowest BCUT2D eigenvalue weighted by Crippen LogP contribution is -2.31. The average Bonchev–Trinajstić information content (AvgIpc) is 2.83. The molecule has 0 N–H and O–H groups in total. The van der Waals surface area contributed by atoms with Gasteiger partial charge in [-0.1, -0.05) is 25.1 Å². The number of rotatable bonds is 2. The molecule has 0 amide bonds. The third-order valence-corrected chi connectivity index (χ3v) is 5.77. The molecule has 0 fully saturated rings. The van der Waals surface area contributed by atoms with Gasteiger partial charge in [-0.25, -0.2) is 8.42 Å². The molecule has 1 aliphatic rings. The van der Waals surface area contributed by atoms with Gasteiger partial charge in [-0.3, -0.25) is 8.99 Å². The van der Waals surface area contributed by atoms with Gasteiger partial charge in [-0.05, 0) is 30.4 Å². The van der Waals surface area contributed by atoms with Gasteiger partial charge in [0.05, 0.1) is 11.9 Å². The summed E-state index contributed by atoms with van der Waals surface area (Å²) in [4.78, 5) is 0.245. The van der Waals surface area contributed by atoms with Crippen LogP contribution in [0.1, 0.15) is 31.2 Å². The number of fused-ring (bicyclic) bond motifs is 1. The molecule has 3 rings (SSSR count). The second kappa shape index (κ2) is 5.18. The van der Waals surface area contributed by atoms with E-state index in [2.05, 4.69) is 12.0 Å². The lowest BCUT2D eigenvalue weighted by atomic mass is 9.96. The van der Waals surface area contributed by atoms with Crippen molar-refractivity contribution in [3.63, 3.8) is 0 Å². The van der Waals surface area contributed by atoms with Crippen molar-refractivity contribution < 1.29 is 8.42 Å². The standard InChI is InChI=1S/C15H19N3O2S/c1-12-6-5-9-18(15-8-4-3-7-14(12)15)21(19,20)13-10-16-17(2)11-13/h3-4,7-8,10-12H,5-6,9H2,1-2H3/t12-/m1/s1. The van der Waals surface area contributed by atoms with Crippen molar-refractivity contribution in [1.82, 2.24) is 9.78 Å². The monoisotopic (exact) mass is 305 g/mol. The van der Waals surface area contributed by atoms with Crippen LogP contribution in [0.5, 0.6) is 0 Å². The molecular weight excluding hydrogens is 286 g/mol. The Kier molecular flexibility index (Phi) is 3.49. The lowest BCUT2D eigenvalue weighted by Gasteiger charge is -2.24. The van der Waals surface area contributed by atoms with Crippen LogP contribution in [0.15, 0.2) is 41.6 Å². The Bertz CT molecular complexity index is 752. The minimum absolute atomic E-state index is 0.245. The van der Waals surface area contributed by atoms with E-state index in [1.54, 1.807) is 13.2 Å². The number of nitrogens with zero attached hydrogens (tertiary/aromatic N) is 3. The van der Waals surface area contributed by atoms with Crippen molar-refractivity contribution in [2.24, 2.45) is 7.05 Å². The maximum Gasteiger partial charge on any atom is 0.267 e. The molecule has 6 heteroatoms. The molecule has 2 aromatic rings. The van der Waals surface area contributed by atoms with Crippen molar-refractivity contribution >= 4 is 15.7 Å². The summed E-state index contributed by atoms with van der Waals surface area (Å²) in [5.41, 5.74) is 1.90. The normalized spacial score (nSPS) is 19.1. The molecule has 0 aliphatic carbocycles. The maximum absolute atomic E-state index is 12.9. The number of sulfonamides is 1. The molecule has 21 heavy (non-hydrogen) atoms. The highest BCUT2D eigenvalue weighted by Gasteiger charge is 2.30. The summed E-state index contributed by atoms with van der Waals surface area (Å²) in [5, 5.41) is 3.98. The Balaban J connectivity index is 2.12. The fourth-order valence-electron chi connectivity index (χ4n) is 2.86. The van der Waals surface area contributed by atoms with Gasteiger partial charge in [0.1, 0.15) is 4.90 Å². The molecule has 1 aromatic heterocycles. The van der Waals surface area contributed by atoms with E-state index >= 15 is 0 Å². The summed E-state index contributed by atoms with van der Waals surface area (Å²) in [6, 6.07) is 7.78. The summed E-state index contributed by atoms with van der Waals surface area (Å²) < 4.78 is 28.8. The van der Waals surface area contributed by atoms with Gasteiger partial charge in [-0.15, -0.1) is 0 Å². The van der Waals surface area contributed by atoms with E-state index in [0.717, 1.165) is 24.1 Å². The van der Waals surface area contributed by atoms with Crippen LogP contribution >= 0.6 is 0 Å². The third-order valence-electron chi connectivity index (χ3n) is 4.00. The number of benzene rings is 1. The molecule has 0 saturated carbocycles. The van der Waals surface area contributed by atoms with E-state index in [1.807, 2.05) is 24.3 Å². The maximum atomic E-state index is 12.9. The number of aryl methyl sites for hydroxylation is 1. The quantitative estimate of drug-likeness (QED) is 0.856. The van der Waals surface area contributed by atoms with E-state index in [0.29, 0.717) is 12.5 Å². The van der Waals surface area contributed by atoms with Gasteiger partial charge in [0.2, 0.25) is 0 Å². The first-order valence-corrected chi connectivity index (χ1v) is 8.54. The fraction of sp³-hybridized carbons (Fsp3) is 0.400. The Labute approximate surface area is 125 Å². The Morgan fingerprint density at radius 2 is 2.05 bits per heavy atom. The second-order valence-corrected chi connectivity index (χ2v) is 7.39. The second-order valence-electron chi connectivity index (χ2n) is 5.53. The topological polar surface area (TPSA) is 55.2 Å². The van der Waals surface area contributed by atoms with Crippen LogP contribution in [0.25, 0.3) is 0 Å². The van der Waals surface area contributed by atoms with Gasteiger partial charge >= 0.3 is 0 Å². The predicted octanol–water partition coefficient (Wildman–Crippen LogP) is 2.51. The van der Waals surface area contributed by atoms with Crippen molar-refractivity contribution in [3.05, 3.63) is 42.2 Å². The first kappa shape index (κ1) is 14.1. The third kappa shape index (κ3) is 2.44. The van der Waals surface area contributed by atoms with Crippen LogP contribution in [0.2, 0.25) is 0 Å². The zero-order chi connectivity index (χ0) is 15.0. The number of para-hydroxylation sites is 1. The summed E-state index contributed by atoms with van der Waals surface area (Å²) in [5.74, 6) is 0.371. The SMILES string of the molecule is C[C@@H]1CCCN(S(=O)(=O)c2cnn(C)c2)c2ccccc21. The Morgan fingerprint density at radius 1 is 1.29 bits per heavy atom. The molecule has 1 atom stereocenters. The summed E-state index contributed by atoms with van der Waals surface area (Å²) in [6.07, 6.45) is 4.81. The molecule has 0 unspecified atom stereocenters. The highest BCUT2D eigenvalue weighted by molar-refractivity contribution is 7.92. The molecular formula is C15H19N3O2S. The number of hydrogen-bond donors (Lipinski definition) is 0. The molecule has 0 radical (unpaired) electrons. The minimum Gasteiger partial charge on any atom is -0.274 e. The lowest BCUT2D eigenvalue weighted by molar-refractivity contribution is 0.587. The van der Waals surface area contributed by atoms with E-state index in [9.17, 15) is 8.42 Å². The highest BCUT2D eigenvalue weighted by atomic mass is 32.2. The number of hydrogen-bond acceptors (Lipinski definition) is 3. The highest BCUT2D eigenvalue weighted by Crippen LogP contribution is 2.36. The average molecular weight is 305 g/mol. The largest absolute Gasteiger partial charge is 0.274 e. The first-order valence-electron chi connectivity index (χ1n) is 7.10. The molecule has 0 spiro atoms. The van der Waals surface area contributed by atoms with Crippen LogP contribution in [0.4, 0.5) is 5.69 Å².